The van der Waals surface area contributed by atoms with E-state index in [0.29, 0.717) is 40.8 Å². The van der Waals surface area contributed by atoms with Gasteiger partial charge >= 0.3 is 0 Å². The van der Waals surface area contributed by atoms with E-state index >= 15 is 0 Å². The zero-order valence-corrected chi connectivity index (χ0v) is 24.4. The Balaban J connectivity index is 1.10. The number of rotatable bonds is 7. The van der Waals surface area contributed by atoms with E-state index in [1.807, 2.05) is 47.4 Å². The summed E-state index contributed by atoms with van der Waals surface area (Å²) in [5, 5.41) is 5.21. The van der Waals surface area contributed by atoms with Crippen molar-refractivity contribution in [3.8, 4) is 11.5 Å². The maximum atomic E-state index is 13.8. The maximum Gasteiger partial charge on any atom is 0.254 e. The largest absolute Gasteiger partial charge is 0.454 e. The summed E-state index contributed by atoms with van der Waals surface area (Å²) in [5.74, 6) is 1.26. The molecular weight excluding hydrogens is 579 g/mol. The van der Waals surface area contributed by atoms with Gasteiger partial charge in [-0.05, 0) is 47.5 Å². The summed E-state index contributed by atoms with van der Waals surface area (Å²) in [7, 11) is 0. The van der Waals surface area contributed by atoms with Gasteiger partial charge in [-0.1, -0.05) is 58.7 Å². The Morgan fingerprint density at radius 2 is 1.64 bits per heavy atom. The predicted octanol–water partition coefficient (Wildman–Crippen LogP) is 4.85. The van der Waals surface area contributed by atoms with Crippen molar-refractivity contribution in [1.82, 2.24) is 14.7 Å². The number of nitrogens with zero attached hydrogens (tertiary/aromatic N) is 4. The lowest BCUT2D eigenvalue weighted by Crippen LogP contribution is -2.54. The van der Waals surface area contributed by atoms with Gasteiger partial charge in [-0.25, -0.2) is 0 Å². The quantitative estimate of drug-likeness (QED) is 0.356. The molecule has 2 saturated heterocycles. The van der Waals surface area contributed by atoms with Gasteiger partial charge in [0.15, 0.2) is 11.5 Å². The summed E-state index contributed by atoms with van der Waals surface area (Å²) in [6.07, 6.45) is 0.316. The number of halogens is 2. The molecule has 0 bridgehead atoms. The molecule has 0 N–H and O–H groups in total. The average molecular weight is 610 g/mol. The van der Waals surface area contributed by atoms with Gasteiger partial charge in [0, 0.05) is 44.7 Å². The molecule has 3 aromatic carbocycles. The van der Waals surface area contributed by atoms with Crippen molar-refractivity contribution in [1.29, 1.82) is 0 Å². The molecule has 0 aromatic heterocycles. The highest BCUT2D eigenvalue weighted by Crippen LogP contribution is 2.33. The Morgan fingerprint density at radius 1 is 0.881 bits per heavy atom. The Hall–Kier alpha value is -3.79. The lowest BCUT2D eigenvalue weighted by atomic mass is 10.1. The Bertz CT molecular complexity index is 1490. The topological polar surface area (TPSA) is 83.9 Å². The second kappa shape index (κ2) is 12.6. The van der Waals surface area contributed by atoms with Gasteiger partial charge in [-0.15, -0.1) is 0 Å². The third kappa shape index (κ3) is 6.33. The number of fused-ring (bicyclic) bond motifs is 1. The SMILES string of the molecule is O=C(C1CC(=NOCc2ccc(Cl)c(Cl)c2)CN1C(=O)c1ccccc1)N1CCN(Cc2ccc3c(c2)OCO3)CC1. The van der Waals surface area contributed by atoms with Gasteiger partial charge in [-0.3, -0.25) is 14.5 Å². The zero-order valence-electron chi connectivity index (χ0n) is 22.9. The van der Waals surface area contributed by atoms with Crippen LogP contribution < -0.4 is 9.47 Å². The summed E-state index contributed by atoms with van der Waals surface area (Å²) in [5.41, 5.74) is 3.12. The zero-order chi connectivity index (χ0) is 29.1. The predicted molar refractivity (Wildman–Crippen MR) is 159 cm³/mol. The maximum absolute atomic E-state index is 13.8. The smallest absolute Gasteiger partial charge is 0.254 e. The van der Waals surface area contributed by atoms with Crippen LogP contribution in [0, 0.1) is 0 Å². The monoisotopic (exact) mass is 608 g/mol. The molecule has 3 aliphatic heterocycles. The number of carbonyl (C=O) groups is 2. The second-order valence-electron chi connectivity index (χ2n) is 10.5. The minimum Gasteiger partial charge on any atom is -0.454 e. The minimum absolute atomic E-state index is 0.0725. The number of ether oxygens (including phenoxy) is 2. The number of hydrogen-bond donors (Lipinski definition) is 0. The molecule has 1 atom stereocenters. The molecule has 1 unspecified atom stereocenters. The standard InChI is InChI=1S/C31H30Cl2N4O5/c32-25-8-6-22(14-26(25)33)19-42-34-24-16-27(37(18-24)30(38)23-4-2-1-3-5-23)31(39)36-12-10-35(11-13-36)17-21-7-9-28-29(15-21)41-20-40-28/h1-9,14-15,27H,10-13,16-20H2. The number of benzene rings is 3. The molecule has 42 heavy (non-hydrogen) atoms. The van der Waals surface area contributed by atoms with E-state index in [-0.39, 0.29) is 31.8 Å². The molecule has 0 saturated carbocycles. The molecule has 11 heteroatoms. The highest BCUT2D eigenvalue weighted by Gasteiger charge is 2.41. The van der Waals surface area contributed by atoms with E-state index in [1.165, 1.54) is 0 Å². The van der Waals surface area contributed by atoms with E-state index < -0.39 is 6.04 Å². The van der Waals surface area contributed by atoms with E-state index in [0.717, 1.165) is 42.3 Å². The van der Waals surface area contributed by atoms with Crippen molar-refractivity contribution >= 4 is 40.7 Å². The molecule has 9 nitrogen and oxygen atoms in total. The highest BCUT2D eigenvalue weighted by atomic mass is 35.5. The van der Waals surface area contributed by atoms with Crippen molar-refractivity contribution in [2.24, 2.45) is 5.16 Å². The third-order valence-corrected chi connectivity index (χ3v) is 8.40. The Labute approximate surface area is 254 Å². The van der Waals surface area contributed by atoms with Crippen LogP contribution in [0.5, 0.6) is 11.5 Å². The average Bonchev–Trinajstić information content (AvgIpc) is 3.66. The molecule has 3 aromatic rings. The van der Waals surface area contributed by atoms with Crippen LogP contribution in [0.25, 0.3) is 0 Å². The van der Waals surface area contributed by atoms with Crippen LogP contribution in [-0.4, -0.2) is 77.8 Å². The molecular formula is C31H30Cl2N4O5. The lowest BCUT2D eigenvalue weighted by molar-refractivity contribution is -0.137. The van der Waals surface area contributed by atoms with Gasteiger partial charge in [0.25, 0.3) is 5.91 Å². The molecule has 0 radical (unpaired) electrons. The first-order valence-corrected chi connectivity index (χ1v) is 14.6. The molecule has 3 aliphatic rings. The molecule has 0 aliphatic carbocycles. The summed E-state index contributed by atoms with van der Waals surface area (Å²) < 4.78 is 10.9. The number of hydrogen-bond acceptors (Lipinski definition) is 7. The van der Waals surface area contributed by atoms with Crippen molar-refractivity contribution < 1.29 is 23.9 Å². The second-order valence-corrected chi connectivity index (χ2v) is 11.3. The number of amides is 2. The number of carbonyl (C=O) groups excluding carboxylic acids is 2. The van der Waals surface area contributed by atoms with E-state index in [4.69, 9.17) is 37.5 Å². The van der Waals surface area contributed by atoms with Crippen molar-refractivity contribution in [3.05, 3.63) is 93.5 Å². The molecule has 3 heterocycles. The summed E-state index contributed by atoms with van der Waals surface area (Å²) in [6, 6.07) is 19.6. The van der Waals surface area contributed by atoms with E-state index in [1.54, 1.807) is 29.2 Å². The van der Waals surface area contributed by atoms with Gasteiger partial charge in [0.1, 0.15) is 12.6 Å². The lowest BCUT2D eigenvalue weighted by Gasteiger charge is -2.37. The summed E-state index contributed by atoms with van der Waals surface area (Å²) >= 11 is 12.1. The molecule has 2 fully saturated rings. The fourth-order valence-corrected chi connectivity index (χ4v) is 5.73. The van der Waals surface area contributed by atoms with Crippen LogP contribution in [0.1, 0.15) is 27.9 Å². The van der Waals surface area contributed by atoms with Gasteiger partial charge < -0.3 is 24.1 Å². The highest BCUT2D eigenvalue weighted by molar-refractivity contribution is 6.42. The van der Waals surface area contributed by atoms with Crippen molar-refractivity contribution in [2.75, 3.05) is 39.5 Å². The van der Waals surface area contributed by atoms with Crippen LogP contribution in [0.4, 0.5) is 0 Å². The molecule has 218 valence electrons. The molecule has 6 rings (SSSR count). The van der Waals surface area contributed by atoms with Crippen LogP contribution >= 0.6 is 23.2 Å². The fraction of sp³-hybridized carbons (Fsp3) is 0.323. The summed E-state index contributed by atoms with van der Waals surface area (Å²) in [4.78, 5) is 38.7. The van der Waals surface area contributed by atoms with Crippen molar-refractivity contribution in [3.63, 3.8) is 0 Å². The molecule has 0 spiro atoms. The van der Waals surface area contributed by atoms with Gasteiger partial charge in [0.2, 0.25) is 12.7 Å². The number of piperazine rings is 1. The normalized spacial score (nSPS) is 19.4. The Morgan fingerprint density at radius 3 is 2.43 bits per heavy atom. The van der Waals surface area contributed by atoms with E-state index in [9.17, 15) is 9.59 Å². The fourth-order valence-electron chi connectivity index (χ4n) is 5.41. The molecule has 2 amide bonds. The number of oxime groups is 1. The number of likely N-dealkylation sites (tertiary alicyclic amines) is 1. The van der Waals surface area contributed by atoms with Crippen molar-refractivity contribution in [2.45, 2.75) is 25.6 Å². The van der Waals surface area contributed by atoms with Gasteiger partial charge in [-0.2, -0.15) is 0 Å². The van der Waals surface area contributed by atoms with Gasteiger partial charge in [0.05, 0.1) is 22.3 Å². The minimum atomic E-state index is -0.648. The first-order valence-electron chi connectivity index (χ1n) is 13.8. The van der Waals surface area contributed by atoms with E-state index in [2.05, 4.69) is 10.1 Å². The van der Waals surface area contributed by atoms with Crippen LogP contribution in [0.15, 0.2) is 71.9 Å². The first-order chi connectivity index (χ1) is 20.4. The Kier molecular flexibility index (Phi) is 8.51. The summed E-state index contributed by atoms with van der Waals surface area (Å²) in [6.45, 7) is 4.03. The third-order valence-electron chi connectivity index (χ3n) is 7.66. The first kappa shape index (κ1) is 28.3. The van der Waals surface area contributed by atoms with Crippen LogP contribution in [0.2, 0.25) is 10.0 Å². The van der Waals surface area contributed by atoms with Crippen LogP contribution in [-0.2, 0) is 22.8 Å². The van der Waals surface area contributed by atoms with Crippen LogP contribution in [0.3, 0.4) is 0 Å².